The second-order valence-corrected chi connectivity index (χ2v) is 5.83. The topological polar surface area (TPSA) is 96.5 Å². The van der Waals surface area contributed by atoms with Gasteiger partial charge in [0, 0.05) is 12.5 Å². The van der Waals surface area contributed by atoms with E-state index in [1.807, 2.05) is 37.3 Å². The minimum atomic E-state index is -0.480. The molecule has 7 nitrogen and oxygen atoms in total. The van der Waals surface area contributed by atoms with Crippen molar-refractivity contribution in [2.24, 2.45) is 0 Å². The van der Waals surface area contributed by atoms with Crippen LogP contribution in [0.4, 0.5) is 0 Å². The van der Waals surface area contributed by atoms with Crippen LogP contribution in [0.1, 0.15) is 42.2 Å². The van der Waals surface area contributed by atoms with E-state index < -0.39 is 17.9 Å². The van der Waals surface area contributed by atoms with Gasteiger partial charge in [-0.2, -0.15) is 0 Å². The highest BCUT2D eigenvalue weighted by Crippen LogP contribution is 2.16. The standard InChI is InChI=1S/C20H23N3O4/c1-3-27-17-11-9-16(10-12-17)20(26)23-22-19(25)13-18(21-14(2)24)15-7-5-4-6-8-15/h4-12,18H,3,13H2,1-2H3,(H,21,24)(H,22,25)(H,23,26). The summed E-state index contributed by atoms with van der Waals surface area (Å²) >= 11 is 0. The maximum Gasteiger partial charge on any atom is 0.269 e. The number of hydrogen-bond donors (Lipinski definition) is 3. The largest absolute Gasteiger partial charge is 0.494 e. The first kappa shape index (κ1) is 20.0. The summed E-state index contributed by atoms with van der Waals surface area (Å²) in [5.74, 6) is -0.437. The summed E-state index contributed by atoms with van der Waals surface area (Å²) in [6.07, 6.45) is -0.00679. The van der Waals surface area contributed by atoms with Crippen LogP contribution in [-0.2, 0) is 9.59 Å². The fourth-order valence-electron chi connectivity index (χ4n) is 2.49. The predicted octanol–water partition coefficient (Wildman–Crippen LogP) is 2.11. The molecule has 142 valence electrons. The summed E-state index contributed by atoms with van der Waals surface area (Å²) in [5, 5.41) is 2.74. The molecule has 0 saturated carbocycles. The maximum absolute atomic E-state index is 12.2. The Labute approximate surface area is 158 Å². The highest BCUT2D eigenvalue weighted by atomic mass is 16.5. The Morgan fingerprint density at radius 1 is 0.963 bits per heavy atom. The number of carbonyl (C=O) groups is 3. The van der Waals surface area contributed by atoms with Gasteiger partial charge in [-0.3, -0.25) is 25.2 Å². The molecule has 2 rings (SSSR count). The molecule has 3 N–H and O–H groups in total. The zero-order chi connectivity index (χ0) is 19.6. The van der Waals surface area contributed by atoms with Crippen LogP contribution in [0.3, 0.4) is 0 Å². The van der Waals surface area contributed by atoms with E-state index in [0.29, 0.717) is 17.9 Å². The minimum absolute atomic E-state index is 0.00679. The molecule has 2 aromatic rings. The summed E-state index contributed by atoms with van der Waals surface area (Å²) in [4.78, 5) is 35.7. The van der Waals surface area contributed by atoms with Crippen LogP contribution in [0, 0.1) is 0 Å². The van der Waals surface area contributed by atoms with E-state index in [9.17, 15) is 14.4 Å². The first-order valence-electron chi connectivity index (χ1n) is 8.63. The third-order valence-electron chi connectivity index (χ3n) is 3.71. The van der Waals surface area contributed by atoms with Crippen molar-refractivity contribution >= 4 is 17.7 Å². The molecule has 0 aromatic heterocycles. The van der Waals surface area contributed by atoms with Gasteiger partial charge in [-0.1, -0.05) is 30.3 Å². The van der Waals surface area contributed by atoms with Crippen molar-refractivity contribution in [3.63, 3.8) is 0 Å². The van der Waals surface area contributed by atoms with E-state index in [2.05, 4.69) is 16.2 Å². The highest BCUT2D eigenvalue weighted by molar-refractivity contribution is 5.95. The lowest BCUT2D eigenvalue weighted by Crippen LogP contribution is -2.43. The van der Waals surface area contributed by atoms with Crippen LogP contribution in [-0.4, -0.2) is 24.3 Å². The molecular weight excluding hydrogens is 346 g/mol. The maximum atomic E-state index is 12.2. The first-order valence-corrected chi connectivity index (χ1v) is 8.63. The monoisotopic (exact) mass is 369 g/mol. The average molecular weight is 369 g/mol. The first-order chi connectivity index (χ1) is 13.0. The molecule has 1 unspecified atom stereocenters. The molecule has 27 heavy (non-hydrogen) atoms. The molecule has 2 aromatic carbocycles. The molecule has 0 aliphatic rings. The van der Waals surface area contributed by atoms with Crippen molar-refractivity contribution in [3.8, 4) is 5.75 Å². The number of hydrazine groups is 1. The van der Waals surface area contributed by atoms with E-state index in [0.717, 1.165) is 5.56 Å². The molecule has 0 fully saturated rings. The molecule has 0 radical (unpaired) electrons. The normalized spacial score (nSPS) is 11.2. The van der Waals surface area contributed by atoms with Crippen molar-refractivity contribution in [1.82, 2.24) is 16.2 Å². The number of benzene rings is 2. The van der Waals surface area contributed by atoms with Gasteiger partial charge in [-0.25, -0.2) is 0 Å². The lowest BCUT2D eigenvalue weighted by atomic mass is 10.0. The lowest BCUT2D eigenvalue weighted by molar-refractivity contribution is -0.123. The highest BCUT2D eigenvalue weighted by Gasteiger charge is 2.17. The second-order valence-electron chi connectivity index (χ2n) is 5.83. The van der Waals surface area contributed by atoms with Gasteiger partial charge in [0.2, 0.25) is 11.8 Å². The molecule has 0 saturated heterocycles. The molecule has 0 bridgehead atoms. The van der Waals surface area contributed by atoms with Crippen LogP contribution in [0.25, 0.3) is 0 Å². The minimum Gasteiger partial charge on any atom is -0.494 e. The number of carbonyl (C=O) groups excluding carboxylic acids is 3. The summed E-state index contributed by atoms with van der Waals surface area (Å²) in [6.45, 7) is 3.81. The van der Waals surface area contributed by atoms with Gasteiger partial charge < -0.3 is 10.1 Å². The predicted molar refractivity (Wildman–Crippen MR) is 101 cm³/mol. The number of rotatable bonds is 7. The van der Waals surface area contributed by atoms with E-state index in [1.165, 1.54) is 6.92 Å². The molecule has 3 amide bonds. The van der Waals surface area contributed by atoms with Gasteiger partial charge in [0.25, 0.3) is 5.91 Å². The number of amides is 3. The van der Waals surface area contributed by atoms with Crippen molar-refractivity contribution < 1.29 is 19.1 Å². The third-order valence-corrected chi connectivity index (χ3v) is 3.71. The SMILES string of the molecule is CCOc1ccc(C(=O)NNC(=O)CC(NC(C)=O)c2ccccc2)cc1. The lowest BCUT2D eigenvalue weighted by Gasteiger charge is -2.18. The van der Waals surface area contributed by atoms with Gasteiger partial charge in [0.05, 0.1) is 19.1 Å². The zero-order valence-electron chi connectivity index (χ0n) is 15.3. The number of ether oxygens (including phenoxy) is 1. The Balaban J connectivity index is 1.91. The summed E-state index contributed by atoms with van der Waals surface area (Å²) in [7, 11) is 0. The third kappa shape index (κ3) is 6.47. The van der Waals surface area contributed by atoms with Gasteiger partial charge in [0.1, 0.15) is 5.75 Å². The zero-order valence-corrected chi connectivity index (χ0v) is 15.3. The Morgan fingerprint density at radius 3 is 2.22 bits per heavy atom. The van der Waals surface area contributed by atoms with E-state index in [4.69, 9.17) is 4.74 Å². The molecule has 0 heterocycles. The molecule has 0 aliphatic carbocycles. The quantitative estimate of drug-likeness (QED) is 0.651. The number of hydrogen-bond acceptors (Lipinski definition) is 4. The Bertz CT molecular complexity index is 776. The Hall–Kier alpha value is -3.35. The van der Waals surface area contributed by atoms with Crippen LogP contribution in [0.2, 0.25) is 0 Å². The molecule has 0 aliphatic heterocycles. The van der Waals surface area contributed by atoms with Crippen molar-refractivity contribution in [2.45, 2.75) is 26.3 Å². The van der Waals surface area contributed by atoms with Crippen molar-refractivity contribution in [1.29, 1.82) is 0 Å². The van der Waals surface area contributed by atoms with Gasteiger partial charge in [-0.15, -0.1) is 0 Å². The average Bonchev–Trinajstić information content (AvgIpc) is 2.67. The molecular formula is C20H23N3O4. The van der Waals surface area contributed by atoms with Crippen molar-refractivity contribution in [3.05, 3.63) is 65.7 Å². The molecule has 1 atom stereocenters. The van der Waals surface area contributed by atoms with Crippen LogP contribution >= 0.6 is 0 Å². The van der Waals surface area contributed by atoms with Crippen molar-refractivity contribution in [2.75, 3.05) is 6.61 Å². The molecule has 7 heteroatoms. The van der Waals surface area contributed by atoms with Gasteiger partial charge in [-0.05, 0) is 36.8 Å². The summed E-state index contributed by atoms with van der Waals surface area (Å²) in [5.41, 5.74) is 5.94. The molecule has 0 spiro atoms. The fraction of sp³-hybridized carbons (Fsp3) is 0.250. The van der Waals surface area contributed by atoms with Crippen LogP contribution in [0.15, 0.2) is 54.6 Å². The smallest absolute Gasteiger partial charge is 0.269 e. The number of nitrogens with one attached hydrogen (secondary N) is 3. The summed E-state index contributed by atoms with van der Waals surface area (Å²) < 4.78 is 5.32. The van der Waals surface area contributed by atoms with Crippen LogP contribution < -0.4 is 20.9 Å². The Kier molecular flexibility index (Phi) is 7.37. The van der Waals surface area contributed by atoms with Crippen LogP contribution in [0.5, 0.6) is 5.75 Å². The second kappa shape index (κ2) is 9.96. The van der Waals surface area contributed by atoms with E-state index in [1.54, 1.807) is 24.3 Å². The van der Waals surface area contributed by atoms with E-state index >= 15 is 0 Å². The van der Waals surface area contributed by atoms with Gasteiger partial charge >= 0.3 is 0 Å². The van der Waals surface area contributed by atoms with Gasteiger partial charge in [0.15, 0.2) is 0 Å². The van der Waals surface area contributed by atoms with E-state index in [-0.39, 0.29) is 12.3 Å². The Morgan fingerprint density at radius 2 is 1.63 bits per heavy atom. The summed E-state index contributed by atoms with van der Waals surface area (Å²) in [6, 6.07) is 15.3. The fourth-order valence-corrected chi connectivity index (χ4v) is 2.49.